The Bertz CT molecular complexity index is 262. The van der Waals surface area contributed by atoms with Crippen molar-refractivity contribution in [1.82, 2.24) is 9.80 Å². The number of amides is 2. The zero-order chi connectivity index (χ0) is 12.6. The molecule has 0 N–H and O–H groups in total. The molecular formula is C12H21IN2O. The first kappa shape index (κ1) is 15.5. The number of hydrogen-bond acceptors (Lipinski definition) is 1. The lowest BCUT2D eigenvalue weighted by molar-refractivity contribution is 0.187. The Hall–Kier alpha value is -0.520. The fraction of sp³-hybridized carbons (Fsp3) is 0.583. The van der Waals surface area contributed by atoms with E-state index in [2.05, 4.69) is 29.2 Å². The highest BCUT2D eigenvalue weighted by atomic mass is 127. The van der Waals surface area contributed by atoms with Crippen LogP contribution in [0.3, 0.4) is 0 Å². The molecule has 0 aliphatic carbocycles. The SMILES string of the molecule is C=CCCCCN(C(=O)N(C)C)/C(I)=C/C. The van der Waals surface area contributed by atoms with Gasteiger partial charge in [0.05, 0.1) is 3.70 Å². The molecule has 2 amide bonds. The van der Waals surface area contributed by atoms with Crippen LogP contribution in [0.15, 0.2) is 22.4 Å². The Kier molecular flexibility index (Phi) is 8.33. The number of halogens is 1. The molecule has 92 valence electrons. The Morgan fingerprint density at radius 3 is 2.44 bits per heavy atom. The van der Waals surface area contributed by atoms with E-state index in [-0.39, 0.29) is 6.03 Å². The van der Waals surface area contributed by atoms with E-state index in [9.17, 15) is 4.79 Å². The molecule has 0 aliphatic heterocycles. The van der Waals surface area contributed by atoms with Gasteiger partial charge in [-0.15, -0.1) is 6.58 Å². The van der Waals surface area contributed by atoms with Crippen molar-refractivity contribution in [2.75, 3.05) is 20.6 Å². The van der Waals surface area contributed by atoms with Crippen LogP contribution in [0, 0.1) is 0 Å². The monoisotopic (exact) mass is 336 g/mol. The Labute approximate surface area is 112 Å². The van der Waals surface area contributed by atoms with Crippen molar-refractivity contribution >= 4 is 28.6 Å². The predicted octanol–water partition coefficient (Wildman–Crippen LogP) is 3.62. The molecule has 0 saturated carbocycles. The standard InChI is InChI=1S/C12H21IN2O/c1-5-7-8-9-10-15(11(13)6-2)12(16)14(3)4/h5-6H,1,7-10H2,2-4H3/b11-6+. The molecule has 0 radical (unpaired) electrons. The predicted molar refractivity (Wildman–Crippen MR) is 77.6 cm³/mol. The number of unbranched alkanes of at least 4 members (excludes halogenated alkanes) is 2. The van der Waals surface area contributed by atoms with Gasteiger partial charge in [-0.25, -0.2) is 4.79 Å². The molecule has 0 saturated heterocycles. The molecular weight excluding hydrogens is 315 g/mol. The molecule has 0 aromatic heterocycles. The van der Waals surface area contributed by atoms with Crippen LogP contribution in [0.25, 0.3) is 0 Å². The number of nitrogens with zero attached hydrogens (tertiary/aromatic N) is 2. The Balaban J connectivity index is 4.33. The van der Waals surface area contributed by atoms with Gasteiger partial charge in [0.1, 0.15) is 0 Å². The molecule has 0 fully saturated rings. The summed E-state index contributed by atoms with van der Waals surface area (Å²) in [4.78, 5) is 15.3. The van der Waals surface area contributed by atoms with Crippen molar-refractivity contribution in [2.24, 2.45) is 0 Å². The van der Waals surface area contributed by atoms with Crippen molar-refractivity contribution in [1.29, 1.82) is 0 Å². The topological polar surface area (TPSA) is 23.6 Å². The summed E-state index contributed by atoms with van der Waals surface area (Å²) < 4.78 is 0.981. The lowest BCUT2D eigenvalue weighted by Crippen LogP contribution is -2.37. The third-order valence-corrected chi connectivity index (χ3v) is 3.35. The van der Waals surface area contributed by atoms with Crippen molar-refractivity contribution < 1.29 is 4.79 Å². The average Bonchev–Trinajstić information content (AvgIpc) is 2.27. The van der Waals surface area contributed by atoms with Crippen LogP contribution in [0.1, 0.15) is 26.2 Å². The van der Waals surface area contributed by atoms with E-state index >= 15 is 0 Å². The van der Waals surface area contributed by atoms with E-state index in [0.717, 1.165) is 29.5 Å². The van der Waals surface area contributed by atoms with Crippen molar-refractivity contribution in [3.05, 3.63) is 22.4 Å². The second-order valence-electron chi connectivity index (χ2n) is 3.72. The smallest absolute Gasteiger partial charge is 0.324 e. The third kappa shape index (κ3) is 5.53. The molecule has 0 spiro atoms. The van der Waals surface area contributed by atoms with E-state index < -0.39 is 0 Å². The second-order valence-corrected chi connectivity index (χ2v) is 4.83. The number of carbonyl (C=O) groups excluding carboxylic acids is 1. The Morgan fingerprint density at radius 1 is 1.38 bits per heavy atom. The third-order valence-electron chi connectivity index (χ3n) is 2.15. The van der Waals surface area contributed by atoms with Gasteiger partial charge >= 0.3 is 6.03 Å². The maximum atomic E-state index is 11.9. The van der Waals surface area contributed by atoms with Crippen LogP contribution in [0.2, 0.25) is 0 Å². The van der Waals surface area contributed by atoms with Gasteiger partial charge in [-0.1, -0.05) is 12.2 Å². The number of allylic oxidation sites excluding steroid dienone is 2. The molecule has 3 nitrogen and oxygen atoms in total. The highest BCUT2D eigenvalue weighted by Gasteiger charge is 2.16. The van der Waals surface area contributed by atoms with E-state index in [4.69, 9.17) is 0 Å². The molecule has 0 heterocycles. The van der Waals surface area contributed by atoms with Crippen molar-refractivity contribution in [2.45, 2.75) is 26.2 Å². The number of urea groups is 1. The van der Waals surface area contributed by atoms with Crippen LogP contribution in [-0.4, -0.2) is 36.5 Å². The van der Waals surface area contributed by atoms with E-state index in [1.165, 1.54) is 0 Å². The van der Waals surface area contributed by atoms with Gasteiger partial charge in [-0.05, 0) is 48.8 Å². The molecule has 0 rings (SSSR count). The van der Waals surface area contributed by atoms with Gasteiger partial charge in [-0.3, -0.25) is 4.90 Å². The number of hydrogen-bond donors (Lipinski definition) is 0. The summed E-state index contributed by atoms with van der Waals surface area (Å²) in [5.41, 5.74) is 0. The molecule has 0 aromatic carbocycles. The maximum Gasteiger partial charge on any atom is 0.324 e. The summed E-state index contributed by atoms with van der Waals surface area (Å²) in [6, 6.07) is 0.0427. The zero-order valence-corrected chi connectivity index (χ0v) is 12.5. The van der Waals surface area contributed by atoms with Crippen LogP contribution >= 0.6 is 22.6 Å². The number of carbonyl (C=O) groups is 1. The number of rotatable bonds is 6. The molecule has 0 aromatic rings. The average molecular weight is 336 g/mol. The fourth-order valence-corrected chi connectivity index (χ4v) is 1.70. The molecule has 4 heteroatoms. The normalized spacial score (nSPS) is 11.1. The Morgan fingerprint density at radius 2 is 2.00 bits per heavy atom. The van der Waals surface area contributed by atoms with Crippen LogP contribution < -0.4 is 0 Å². The molecule has 0 aliphatic rings. The van der Waals surface area contributed by atoms with Crippen molar-refractivity contribution in [3.63, 3.8) is 0 Å². The minimum atomic E-state index is 0.0427. The summed E-state index contributed by atoms with van der Waals surface area (Å²) in [6.07, 6.45) is 6.96. The van der Waals surface area contributed by atoms with E-state index in [1.54, 1.807) is 19.0 Å². The van der Waals surface area contributed by atoms with Crippen LogP contribution in [0.4, 0.5) is 4.79 Å². The summed E-state index contributed by atoms with van der Waals surface area (Å²) >= 11 is 2.20. The second kappa shape index (κ2) is 8.61. The first-order valence-corrected chi connectivity index (χ1v) is 6.54. The molecule has 0 bridgehead atoms. The molecule has 0 atom stereocenters. The van der Waals surface area contributed by atoms with E-state index in [0.29, 0.717) is 0 Å². The van der Waals surface area contributed by atoms with Gasteiger partial charge in [0, 0.05) is 20.6 Å². The van der Waals surface area contributed by atoms with Crippen LogP contribution in [0.5, 0.6) is 0 Å². The van der Waals surface area contributed by atoms with Gasteiger partial charge in [-0.2, -0.15) is 0 Å². The first-order valence-electron chi connectivity index (χ1n) is 5.46. The van der Waals surface area contributed by atoms with Crippen molar-refractivity contribution in [3.8, 4) is 0 Å². The molecule has 0 unspecified atom stereocenters. The highest BCUT2D eigenvalue weighted by Crippen LogP contribution is 2.16. The molecule has 16 heavy (non-hydrogen) atoms. The summed E-state index contributed by atoms with van der Waals surface area (Å²) in [6.45, 7) is 6.41. The minimum absolute atomic E-state index is 0.0427. The van der Waals surface area contributed by atoms with Gasteiger partial charge in [0.25, 0.3) is 0 Å². The van der Waals surface area contributed by atoms with Gasteiger partial charge in [0.2, 0.25) is 0 Å². The zero-order valence-electron chi connectivity index (χ0n) is 10.4. The van der Waals surface area contributed by atoms with Gasteiger partial charge < -0.3 is 4.90 Å². The fourth-order valence-electron chi connectivity index (χ4n) is 1.25. The largest absolute Gasteiger partial charge is 0.330 e. The van der Waals surface area contributed by atoms with Gasteiger partial charge in [0.15, 0.2) is 0 Å². The maximum absolute atomic E-state index is 11.9. The quantitative estimate of drug-likeness (QED) is 0.315. The summed E-state index contributed by atoms with van der Waals surface area (Å²) in [5, 5.41) is 0. The summed E-state index contributed by atoms with van der Waals surface area (Å²) in [7, 11) is 3.55. The lowest BCUT2D eigenvalue weighted by atomic mass is 10.2. The minimum Gasteiger partial charge on any atom is -0.330 e. The highest BCUT2D eigenvalue weighted by molar-refractivity contribution is 14.1. The first-order chi connectivity index (χ1) is 7.54. The van der Waals surface area contributed by atoms with Crippen LogP contribution in [-0.2, 0) is 0 Å². The lowest BCUT2D eigenvalue weighted by Gasteiger charge is -2.25. The van der Waals surface area contributed by atoms with E-state index in [1.807, 2.05) is 24.0 Å². The summed E-state index contributed by atoms with van der Waals surface area (Å²) in [5.74, 6) is 0.